The number of nitrogens with zero attached hydrogens (tertiary/aromatic N) is 3. The molecule has 2 aromatic heterocycles. The molecule has 0 aliphatic carbocycles. The summed E-state index contributed by atoms with van der Waals surface area (Å²) in [5.74, 6) is -0.829. The van der Waals surface area contributed by atoms with Crippen molar-refractivity contribution in [1.29, 1.82) is 0 Å². The van der Waals surface area contributed by atoms with Crippen molar-refractivity contribution in [3.05, 3.63) is 81.7 Å². The Morgan fingerprint density at radius 1 is 1.09 bits per heavy atom. The zero-order valence-corrected chi connectivity index (χ0v) is 25.2. The van der Waals surface area contributed by atoms with E-state index in [9.17, 15) is 19.5 Å². The van der Waals surface area contributed by atoms with Crippen molar-refractivity contribution in [3.63, 3.8) is 0 Å². The van der Waals surface area contributed by atoms with E-state index in [4.69, 9.17) is 4.74 Å². The van der Waals surface area contributed by atoms with E-state index in [1.165, 1.54) is 19.3 Å². The van der Waals surface area contributed by atoms with Crippen molar-refractivity contribution in [2.45, 2.75) is 51.5 Å². The topological polar surface area (TPSA) is 130 Å². The molecule has 3 heterocycles. The Bertz CT molecular complexity index is 1590. The maximum absolute atomic E-state index is 13.8. The van der Waals surface area contributed by atoms with Gasteiger partial charge >= 0.3 is 5.69 Å². The summed E-state index contributed by atoms with van der Waals surface area (Å²) in [5, 5.41) is 16.0. The average molecular weight is 604 g/mol. The van der Waals surface area contributed by atoms with Crippen LogP contribution in [0.2, 0.25) is 0 Å². The minimum Gasteiger partial charge on any atom is -0.493 e. The molecule has 1 aliphatic heterocycles. The zero-order valence-electron chi connectivity index (χ0n) is 24.4. The van der Waals surface area contributed by atoms with Crippen LogP contribution in [0.4, 0.5) is 5.13 Å². The van der Waals surface area contributed by atoms with Gasteiger partial charge in [-0.1, -0.05) is 50.6 Å². The van der Waals surface area contributed by atoms with Crippen molar-refractivity contribution in [2.75, 3.05) is 31.6 Å². The summed E-state index contributed by atoms with van der Waals surface area (Å²) in [6, 6.07) is 15.3. The summed E-state index contributed by atoms with van der Waals surface area (Å²) >= 11 is 1.13. The molecule has 5 rings (SSSR count). The number of aromatic amines is 1. The van der Waals surface area contributed by atoms with Gasteiger partial charge in [-0.2, -0.15) is 0 Å². The van der Waals surface area contributed by atoms with E-state index in [-0.39, 0.29) is 28.2 Å². The molecule has 0 spiro atoms. The molecule has 0 radical (unpaired) electrons. The lowest BCUT2D eigenvalue weighted by molar-refractivity contribution is -0.120. The molecule has 1 fully saturated rings. The predicted octanol–water partition coefficient (Wildman–Crippen LogP) is 5.45. The number of ketones is 1. The Hall–Kier alpha value is -4.22. The number of anilines is 1. The van der Waals surface area contributed by atoms with E-state index >= 15 is 0 Å². The van der Waals surface area contributed by atoms with Crippen LogP contribution in [-0.2, 0) is 4.79 Å². The van der Waals surface area contributed by atoms with E-state index in [2.05, 4.69) is 20.2 Å². The number of piperidine rings is 1. The Morgan fingerprint density at radius 3 is 2.51 bits per heavy atom. The number of Topliss-reactive ketones (excluding diaryl/α,β-unsaturated/α-hetero) is 1. The minimum atomic E-state index is -1.12. The molecule has 0 bridgehead atoms. The second kappa shape index (κ2) is 13.8. The molecular formula is C32H37N5O5S. The van der Waals surface area contributed by atoms with Crippen molar-refractivity contribution >= 4 is 28.2 Å². The first-order valence-corrected chi connectivity index (χ1v) is 15.6. The van der Waals surface area contributed by atoms with E-state index in [1.807, 2.05) is 37.3 Å². The smallest absolute Gasteiger partial charge is 0.329 e. The maximum atomic E-state index is 13.8. The molecule has 11 heteroatoms. The monoisotopic (exact) mass is 603 g/mol. The zero-order chi connectivity index (χ0) is 30.3. The van der Waals surface area contributed by atoms with Crippen LogP contribution in [0.1, 0.15) is 67.5 Å². The number of rotatable bonds is 12. The number of benzene rings is 2. The normalized spacial score (nSPS) is 15.1. The van der Waals surface area contributed by atoms with Gasteiger partial charge in [0.1, 0.15) is 29.8 Å². The number of thiazole rings is 1. The predicted molar refractivity (Wildman–Crippen MR) is 167 cm³/mol. The quantitative estimate of drug-likeness (QED) is 0.184. The number of nitrogens with one attached hydrogen (secondary N) is 2. The van der Waals surface area contributed by atoms with Gasteiger partial charge in [0.25, 0.3) is 0 Å². The molecule has 2 aromatic carbocycles. The van der Waals surface area contributed by atoms with Crippen LogP contribution >= 0.6 is 11.3 Å². The van der Waals surface area contributed by atoms with Crippen LogP contribution in [0.25, 0.3) is 11.3 Å². The number of aromatic hydroxyl groups is 1. The van der Waals surface area contributed by atoms with Gasteiger partial charge in [0.15, 0.2) is 10.9 Å². The standard InChI is InChI=1S/C32H37N5O5S/c1-3-26(38)25-20-43-31(33-25)35-29(39)28(21(2)22-10-6-4-7-11-22)37-30(40)27(34-32(37)41)23-12-14-24(15-13-23)42-19-18-36-16-8-5-9-17-36/h4,6-7,10-15,20-21,28,40H,3,5,8-9,16-19H2,1-2H3,(H,34,41)(H,33,35,39)/t21-,28-/m0/s1. The summed E-state index contributed by atoms with van der Waals surface area (Å²) in [4.78, 5) is 48.6. The maximum Gasteiger partial charge on any atom is 0.329 e. The first kappa shape index (κ1) is 30.2. The third kappa shape index (κ3) is 7.06. The number of H-pyrrole nitrogens is 1. The highest BCUT2D eigenvalue weighted by molar-refractivity contribution is 7.14. The molecular weight excluding hydrogens is 566 g/mol. The number of aromatic nitrogens is 3. The second-order valence-corrected chi connectivity index (χ2v) is 11.6. The van der Waals surface area contributed by atoms with Crippen LogP contribution in [0.3, 0.4) is 0 Å². The number of amides is 1. The van der Waals surface area contributed by atoms with E-state index < -0.39 is 23.6 Å². The molecule has 10 nitrogen and oxygen atoms in total. The first-order valence-electron chi connectivity index (χ1n) is 14.7. The van der Waals surface area contributed by atoms with Crippen molar-refractivity contribution in [3.8, 4) is 22.9 Å². The van der Waals surface area contributed by atoms with Gasteiger partial charge in [-0.3, -0.25) is 14.5 Å². The fourth-order valence-electron chi connectivity index (χ4n) is 5.42. The number of carbonyl (C=O) groups is 2. The molecule has 3 N–H and O–H groups in total. The number of ether oxygens (including phenoxy) is 1. The Balaban J connectivity index is 1.38. The number of carbonyl (C=O) groups excluding carboxylic acids is 2. The van der Waals surface area contributed by atoms with Crippen LogP contribution < -0.4 is 15.7 Å². The average Bonchev–Trinajstić information content (AvgIpc) is 3.62. The highest BCUT2D eigenvalue weighted by Crippen LogP contribution is 2.36. The van der Waals surface area contributed by atoms with Crippen LogP contribution in [0.15, 0.2) is 64.8 Å². The van der Waals surface area contributed by atoms with Gasteiger partial charge in [-0.05, 0) is 55.8 Å². The fourth-order valence-corrected chi connectivity index (χ4v) is 6.14. The van der Waals surface area contributed by atoms with E-state index in [1.54, 1.807) is 36.6 Å². The molecule has 0 saturated carbocycles. The molecule has 4 aromatic rings. The van der Waals surface area contributed by atoms with E-state index in [0.29, 0.717) is 24.3 Å². The van der Waals surface area contributed by atoms with Crippen LogP contribution in [0, 0.1) is 0 Å². The summed E-state index contributed by atoms with van der Waals surface area (Å²) in [5.41, 5.74) is 1.24. The Morgan fingerprint density at radius 2 is 1.81 bits per heavy atom. The highest BCUT2D eigenvalue weighted by Gasteiger charge is 2.34. The Labute approximate surface area is 254 Å². The SMILES string of the molecule is CCC(=O)c1csc(NC(=O)[C@H]([C@@H](C)c2ccccc2)n2c(O)c(-c3ccc(OCCN4CCCCC4)cc3)[nH]c2=O)n1. The fraction of sp³-hybridized carbons (Fsp3) is 0.375. The summed E-state index contributed by atoms with van der Waals surface area (Å²) in [6.45, 7) is 7.24. The van der Waals surface area contributed by atoms with Crippen molar-refractivity contribution < 1.29 is 19.4 Å². The van der Waals surface area contributed by atoms with Gasteiger partial charge < -0.3 is 20.1 Å². The Kier molecular flexibility index (Phi) is 9.73. The molecule has 1 saturated heterocycles. The third-order valence-electron chi connectivity index (χ3n) is 7.86. The number of likely N-dealkylation sites (tertiary alicyclic amines) is 1. The summed E-state index contributed by atoms with van der Waals surface area (Å²) < 4.78 is 7.01. The highest BCUT2D eigenvalue weighted by atomic mass is 32.1. The largest absolute Gasteiger partial charge is 0.493 e. The third-order valence-corrected chi connectivity index (χ3v) is 8.62. The molecule has 1 aliphatic rings. The van der Waals surface area contributed by atoms with Gasteiger partial charge in [0, 0.05) is 29.8 Å². The number of hydrogen-bond acceptors (Lipinski definition) is 8. The lowest BCUT2D eigenvalue weighted by atomic mass is 9.92. The lowest BCUT2D eigenvalue weighted by Gasteiger charge is -2.26. The van der Waals surface area contributed by atoms with Gasteiger partial charge in [0.05, 0.1) is 0 Å². The summed E-state index contributed by atoms with van der Waals surface area (Å²) in [6.07, 6.45) is 4.05. The molecule has 226 valence electrons. The van der Waals surface area contributed by atoms with Crippen LogP contribution in [0.5, 0.6) is 11.6 Å². The number of hydrogen-bond donors (Lipinski definition) is 3. The second-order valence-electron chi connectivity index (χ2n) is 10.7. The molecule has 43 heavy (non-hydrogen) atoms. The molecule has 1 amide bonds. The van der Waals surface area contributed by atoms with Gasteiger partial charge in [-0.25, -0.2) is 14.3 Å². The van der Waals surface area contributed by atoms with Gasteiger partial charge in [-0.15, -0.1) is 11.3 Å². The van der Waals surface area contributed by atoms with Crippen molar-refractivity contribution in [2.24, 2.45) is 0 Å². The molecule has 2 atom stereocenters. The van der Waals surface area contributed by atoms with Gasteiger partial charge in [0.2, 0.25) is 11.8 Å². The van der Waals surface area contributed by atoms with Crippen LogP contribution in [-0.4, -0.2) is 62.5 Å². The van der Waals surface area contributed by atoms with E-state index in [0.717, 1.165) is 41.1 Å². The minimum absolute atomic E-state index is 0.131. The first-order chi connectivity index (χ1) is 20.9. The molecule has 0 unspecified atom stereocenters. The number of imidazole rings is 1. The summed E-state index contributed by atoms with van der Waals surface area (Å²) in [7, 11) is 0. The lowest BCUT2D eigenvalue weighted by Crippen LogP contribution is -2.35. The van der Waals surface area contributed by atoms with Crippen molar-refractivity contribution in [1.82, 2.24) is 19.4 Å².